The van der Waals surface area contributed by atoms with E-state index in [1.165, 1.54) is 12.7 Å². The zero-order valence-electron chi connectivity index (χ0n) is 13.3. The molecule has 0 saturated carbocycles. The van der Waals surface area contributed by atoms with Crippen molar-refractivity contribution in [1.82, 2.24) is 19.7 Å². The first-order chi connectivity index (χ1) is 11.2. The third-order valence-electron chi connectivity index (χ3n) is 4.43. The minimum absolute atomic E-state index is 0.0542. The molecule has 23 heavy (non-hydrogen) atoms. The number of rotatable bonds is 4. The fraction of sp³-hybridized carbons (Fsp3) is 0.471. The molecule has 122 valence electrons. The summed E-state index contributed by atoms with van der Waals surface area (Å²) < 4.78 is 1.64. The van der Waals surface area contributed by atoms with E-state index in [0.717, 1.165) is 24.9 Å². The van der Waals surface area contributed by atoms with Crippen molar-refractivity contribution in [1.29, 1.82) is 0 Å². The van der Waals surface area contributed by atoms with E-state index in [-0.39, 0.29) is 18.5 Å². The van der Waals surface area contributed by atoms with Crippen LogP contribution in [-0.4, -0.2) is 43.3 Å². The van der Waals surface area contributed by atoms with Gasteiger partial charge in [0.15, 0.2) is 5.82 Å². The van der Waals surface area contributed by atoms with E-state index in [0.29, 0.717) is 5.82 Å². The molecule has 1 amide bonds. The van der Waals surface area contributed by atoms with Crippen LogP contribution >= 0.6 is 0 Å². The normalized spacial score (nSPS) is 19.6. The number of piperidine rings is 1. The van der Waals surface area contributed by atoms with E-state index < -0.39 is 6.10 Å². The third kappa shape index (κ3) is 3.42. The van der Waals surface area contributed by atoms with Gasteiger partial charge in [-0.3, -0.25) is 4.79 Å². The summed E-state index contributed by atoms with van der Waals surface area (Å²) in [7, 11) is 0. The monoisotopic (exact) mass is 314 g/mol. The van der Waals surface area contributed by atoms with E-state index in [1.54, 1.807) is 4.57 Å². The van der Waals surface area contributed by atoms with Gasteiger partial charge in [-0.25, -0.2) is 0 Å². The SMILES string of the molecule is C[C@H]1CCCCN1C(=O)Cn1cnnc1[C@@H](O)c1ccccc1. The molecule has 2 atom stereocenters. The van der Waals surface area contributed by atoms with Crippen LogP contribution in [0.1, 0.15) is 43.7 Å². The number of aromatic nitrogens is 3. The Kier molecular flexibility index (Phi) is 4.71. The fourth-order valence-electron chi connectivity index (χ4n) is 3.09. The summed E-state index contributed by atoms with van der Waals surface area (Å²) in [6, 6.07) is 9.55. The number of aliphatic hydroxyl groups is 1. The maximum Gasteiger partial charge on any atom is 0.242 e. The lowest BCUT2D eigenvalue weighted by atomic mass is 10.0. The number of likely N-dealkylation sites (tertiary alicyclic amines) is 1. The van der Waals surface area contributed by atoms with Gasteiger partial charge in [0.05, 0.1) is 0 Å². The Morgan fingerprint density at radius 3 is 2.87 bits per heavy atom. The number of amides is 1. The zero-order chi connectivity index (χ0) is 16.2. The summed E-state index contributed by atoms with van der Waals surface area (Å²) in [5, 5.41) is 18.4. The van der Waals surface area contributed by atoms with Gasteiger partial charge in [0.25, 0.3) is 0 Å². The Bertz CT molecular complexity index is 656. The summed E-state index contributed by atoms with van der Waals surface area (Å²) >= 11 is 0. The molecule has 6 nitrogen and oxygen atoms in total. The van der Waals surface area contributed by atoms with Gasteiger partial charge in [-0.15, -0.1) is 10.2 Å². The average molecular weight is 314 g/mol. The first-order valence-corrected chi connectivity index (χ1v) is 8.07. The Morgan fingerprint density at radius 2 is 2.13 bits per heavy atom. The Labute approximate surface area is 135 Å². The number of aliphatic hydroxyl groups excluding tert-OH is 1. The van der Waals surface area contributed by atoms with Crippen molar-refractivity contribution in [3.8, 4) is 0 Å². The quantitative estimate of drug-likeness (QED) is 0.933. The summed E-state index contributed by atoms with van der Waals surface area (Å²) in [6.07, 6.45) is 3.90. The molecule has 1 N–H and O–H groups in total. The second-order valence-corrected chi connectivity index (χ2v) is 6.06. The Morgan fingerprint density at radius 1 is 1.35 bits per heavy atom. The van der Waals surface area contributed by atoms with Crippen LogP contribution in [0.3, 0.4) is 0 Å². The average Bonchev–Trinajstić information content (AvgIpc) is 3.03. The van der Waals surface area contributed by atoms with Gasteiger partial charge in [0.2, 0.25) is 5.91 Å². The van der Waals surface area contributed by atoms with E-state index in [9.17, 15) is 9.90 Å². The smallest absolute Gasteiger partial charge is 0.242 e. The van der Waals surface area contributed by atoms with Gasteiger partial charge in [-0.05, 0) is 31.7 Å². The Balaban J connectivity index is 1.75. The first kappa shape index (κ1) is 15.7. The number of nitrogens with zero attached hydrogens (tertiary/aromatic N) is 4. The van der Waals surface area contributed by atoms with Crippen LogP contribution in [-0.2, 0) is 11.3 Å². The van der Waals surface area contributed by atoms with Gasteiger partial charge in [0, 0.05) is 12.6 Å². The van der Waals surface area contributed by atoms with E-state index in [4.69, 9.17) is 0 Å². The highest BCUT2D eigenvalue weighted by atomic mass is 16.3. The number of carbonyl (C=O) groups is 1. The molecule has 1 aliphatic heterocycles. The van der Waals surface area contributed by atoms with Crippen molar-refractivity contribution in [2.24, 2.45) is 0 Å². The van der Waals surface area contributed by atoms with Crippen LogP contribution in [0.25, 0.3) is 0 Å². The molecule has 3 rings (SSSR count). The van der Waals surface area contributed by atoms with Gasteiger partial charge in [0.1, 0.15) is 19.0 Å². The maximum absolute atomic E-state index is 12.6. The second kappa shape index (κ2) is 6.91. The van der Waals surface area contributed by atoms with Crippen molar-refractivity contribution >= 4 is 5.91 Å². The molecule has 1 aromatic heterocycles. The molecule has 1 aliphatic rings. The third-order valence-corrected chi connectivity index (χ3v) is 4.43. The van der Waals surface area contributed by atoms with Crippen LogP contribution in [0.5, 0.6) is 0 Å². The van der Waals surface area contributed by atoms with E-state index in [2.05, 4.69) is 17.1 Å². The number of hydrogen-bond donors (Lipinski definition) is 1. The van der Waals surface area contributed by atoms with Crippen molar-refractivity contribution in [3.05, 3.63) is 48.0 Å². The molecular weight excluding hydrogens is 292 g/mol. The lowest BCUT2D eigenvalue weighted by molar-refractivity contribution is -0.135. The van der Waals surface area contributed by atoms with Crippen LogP contribution in [0, 0.1) is 0 Å². The summed E-state index contributed by atoms with van der Waals surface area (Å²) in [6.45, 7) is 3.05. The largest absolute Gasteiger partial charge is 0.380 e. The molecule has 2 aromatic rings. The summed E-state index contributed by atoms with van der Waals surface area (Å²) in [5.41, 5.74) is 0.737. The maximum atomic E-state index is 12.6. The summed E-state index contributed by atoms with van der Waals surface area (Å²) in [5.74, 6) is 0.452. The van der Waals surface area contributed by atoms with Crippen LogP contribution < -0.4 is 0 Å². The molecule has 0 unspecified atom stereocenters. The van der Waals surface area contributed by atoms with E-state index in [1.807, 2.05) is 35.2 Å². The molecule has 1 aromatic carbocycles. The fourth-order valence-corrected chi connectivity index (χ4v) is 3.09. The molecule has 2 heterocycles. The standard InChI is InChI=1S/C17H22N4O2/c1-13-7-5-6-10-21(13)15(22)11-20-12-18-19-17(20)16(23)14-8-3-2-4-9-14/h2-4,8-9,12-13,16,23H,5-7,10-11H2,1H3/t13-,16-/m0/s1. The number of hydrogen-bond acceptors (Lipinski definition) is 4. The zero-order valence-corrected chi connectivity index (χ0v) is 13.3. The molecule has 0 aliphatic carbocycles. The van der Waals surface area contributed by atoms with Gasteiger partial charge < -0.3 is 14.6 Å². The molecule has 1 fully saturated rings. The highest BCUT2D eigenvalue weighted by molar-refractivity contribution is 5.76. The van der Waals surface area contributed by atoms with E-state index >= 15 is 0 Å². The van der Waals surface area contributed by atoms with Crippen LogP contribution in [0.2, 0.25) is 0 Å². The van der Waals surface area contributed by atoms with Gasteiger partial charge in [-0.2, -0.15) is 0 Å². The molecule has 0 radical (unpaired) electrons. The van der Waals surface area contributed by atoms with Crippen LogP contribution in [0.15, 0.2) is 36.7 Å². The molecule has 1 saturated heterocycles. The van der Waals surface area contributed by atoms with Crippen molar-refractivity contribution in [3.63, 3.8) is 0 Å². The molecule has 0 spiro atoms. The topological polar surface area (TPSA) is 71.2 Å². The number of benzene rings is 1. The minimum Gasteiger partial charge on any atom is -0.380 e. The van der Waals surface area contributed by atoms with Gasteiger partial charge >= 0.3 is 0 Å². The molecular formula is C17H22N4O2. The molecule has 6 heteroatoms. The van der Waals surface area contributed by atoms with Crippen LogP contribution in [0.4, 0.5) is 0 Å². The second-order valence-electron chi connectivity index (χ2n) is 6.06. The lowest BCUT2D eigenvalue weighted by Crippen LogP contribution is -2.43. The predicted octanol–water partition coefficient (Wildman–Crippen LogP) is 1.76. The van der Waals surface area contributed by atoms with Crippen molar-refractivity contribution < 1.29 is 9.90 Å². The Hall–Kier alpha value is -2.21. The van der Waals surface area contributed by atoms with Crippen molar-refractivity contribution in [2.75, 3.05) is 6.54 Å². The van der Waals surface area contributed by atoms with Gasteiger partial charge in [-0.1, -0.05) is 30.3 Å². The number of carbonyl (C=O) groups excluding carboxylic acids is 1. The highest BCUT2D eigenvalue weighted by Crippen LogP contribution is 2.21. The lowest BCUT2D eigenvalue weighted by Gasteiger charge is -2.33. The highest BCUT2D eigenvalue weighted by Gasteiger charge is 2.25. The minimum atomic E-state index is -0.884. The predicted molar refractivity (Wildman–Crippen MR) is 85.6 cm³/mol. The summed E-state index contributed by atoms with van der Waals surface area (Å²) in [4.78, 5) is 14.5. The van der Waals surface area contributed by atoms with Crippen molar-refractivity contribution in [2.45, 2.75) is 44.9 Å². The molecule has 0 bridgehead atoms. The first-order valence-electron chi connectivity index (χ1n) is 8.07.